The third-order valence-electron chi connectivity index (χ3n) is 6.29. The highest BCUT2D eigenvalue weighted by atomic mass is 32.1. The van der Waals surface area contributed by atoms with Gasteiger partial charge in [-0.25, -0.2) is 0 Å². The van der Waals surface area contributed by atoms with E-state index in [1.165, 1.54) is 11.0 Å². The van der Waals surface area contributed by atoms with E-state index in [1.54, 1.807) is 72.8 Å². The molecule has 1 fully saturated rings. The highest BCUT2D eigenvalue weighted by molar-refractivity contribution is 7.80. The van der Waals surface area contributed by atoms with E-state index in [9.17, 15) is 14.4 Å². The molecule has 194 valence electrons. The van der Waals surface area contributed by atoms with Crippen LogP contribution in [0.3, 0.4) is 0 Å². The number of hydrogen-bond donors (Lipinski definition) is 1. The van der Waals surface area contributed by atoms with Crippen molar-refractivity contribution in [2.45, 2.75) is 0 Å². The number of fused-ring (bicyclic) bond motifs is 1. The van der Waals surface area contributed by atoms with Crippen molar-refractivity contribution in [2.75, 3.05) is 4.90 Å². The summed E-state index contributed by atoms with van der Waals surface area (Å²) in [5.74, 6) is 0.0870. The van der Waals surface area contributed by atoms with Crippen molar-refractivity contribution in [3.05, 3.63) is 132 Å². The average Bonchev–Trinajstić information content (AvgIpc) is 3.40. The van der Waals surface area contributed by atoms with Crippen LogP contribution < -0.4 is 15.0 Å². The SMILES string of the molecule is O=C1NC(=S)N(c2ccc(Oc3ccccc3)cc2)C(=O)C1=Cc1ccc2oc(C(=O)c3ccccc3)cc2c1. The van der Waals surface area contributed by atoms with E-state index >= 15 is 0 Å². The Morgan fingerprint density at radius 1 is 0.825 bits per heavy atom. The smallest absolute Gasteiger partial charge is 0.270 e. The molecule has 8 heteroatoms. The minimum atomic E-state index is -0.595. The zero-order valence-electron chi connectivity index (χ0n) is 20.9. The number of hydrogen-bond acceptors (Lipinski definition) is 6. The van der Waals surface area contributed by atoms with Crippen LogP contribution in [0.1, 0.15) is 21.7 Å². The van der Waals surface area contributed by atoms with E-state index in [-0.39, 0.29) is 22.2 Å². The minimum Gasteiger partial charge on any atom is -0.457 e. The van der Waals surface area contributed by atoms with Crippen molar-refractivity contribution in [3.8, 4) is 11.5 Å². The number of ether oxygens (including phenoxy) is 1. The zero-order chi connectivity index (χ0) is 27.6. The lowest BCUT2D eigenvalue weighted by Gasteiger charge is -2.29. The summed E-state index contributed by atoms with van der Waals surface area (Å²) in [7, 11) is 0. The Hall–Kier alpha value is -5.34. The van der Waals surface area contributed by atoms with Gasteiger partial charge < -0.3 is 9.15 Å². The number of ketones is 1. The molecule has 1 N–H and O–H groups in total. The molecule has 5 aromatic rings. The third-order valence-corrected chi connectivity index (χ3v) is 6.57. The molecule has 1 aliphatic heterocycles. The minimum absolute atomic E-state index is 0.0155. The van der Waals surface area contributed by atoms with Gasteiger partial charge in [-0.15, -0.1) is 0 Å². The van der Waals surface area contributed by atoms with Crippen LogP contribution in [0.15, 0.2) is 119 Å². The van der Waals surface area contributed by atoms with Crippen LogP contribution in [-0.4, -0.2) is 22.7 Å². The summed E-state index contributed by atoms with van der Waals surface area (Å²) in [6.07, 6.45) is 1.49. The molecule has 0 saturated carbocycles. The Morgan fingerprint density at radius 2 is 1.50 bits per heavy atom. The van der Waals surface area contributed by atoms with Gasteiger partial charge in [-0.2, -0.15) is 0 Å². The summed E-state index contributed by atoms with van der Waals surface area (Å²) in [4.78, 5) is 40.3. The van der Waals surface area contributed by atoms with E-state index in [0.29, 0.717) is 39.3 Å². The van der Waals surface area contributed by atoms with Gasteiger partial charge in [0.2, 0.25) is 5.78 Å². The predicted molar refractivity (Wildman–Crippen MR) is 155 cm³/mol. The highest BCUT2D eigenvalue weighted by Crippen LogP contribution is 2.28. The standard InChI is InChI=1S/C32H20N2O5S/c35-29(21-7-3-1-4-8-21)28-19-22-17-20(11-16-27(22)39-28)18-26-30(36)33-32(40)34(31(26)37)23-12-14-25(15-13-23)38-24-9-5-2-6-10-24/h1-19H,(H,33,36,40). The first-order chi connectivity index (χ1) is 19.5. The second-order valence-electron chi connectivity index (χ2n) is 8.97. The van der Waals surface area contributed by atoms with Crippen molar-refractivity contribution < 1.29 is 23.5 Å². The van der Waals surface area contributed by atoms with Crippen LogP contribution in [0.5, 0.6) is 11.5 Å². The molecule has 1 aromatic heterocycles. The molecule has 0 spiro atoms. The molecule has 0 unspecified atom stereocenters. The number of anilines is 1. The van der Waals surface area contributed by atoms with Crippen molar-refractivity contribution in [1.82, 2.24) is 5.32 Å². The lowest BCUT2D eigenvalue weighted by molar-refractivity contribution is -0.122. The van der Waals surface area contributed by atoms with Crippen molar-refractivity contribution in [2.24, 2.45) is 0 Å². The Labute approximate surface area is 234 Å². The molecular weight excluding hydrogens is 524 g/mol. The summed E-state index contributed by atoms with van der Waals surface area (Å²) >= 11 is 5.32. The number of carbonyl (C=O) groups is 3. The first-order valence-electron chi connectivity index (χ1n) is 12.3. The number of rotatable bonds is 6. The molecule has 1 saturated heterocycles. The normalized spacial score (nSPS) is 14.4. The van der Waals surface area contributed by atoms with Gasteiger partial charge in [-0.1, -0.05) is 54.6 Å². The van der Waals surface area contributed by atoms with E-state index < -0.39 is 11.8 Å². The lowest BCUT2D eigenvalue weighted by atomic mass is 10.1. The average molecular weight is 545 g/mol. The fraction of sp³-hybridized carbons (Fsp3) is 0. The van der Waals surface area contributed by atoms with Gasteiger partial charge in [-0.3, -0.25) is 24.6 Å². The molecule has 0 aliphatic carbocycles. The summed E-state index contributed by atoms with van der Waals surface area (Å²) in [5.41, 5.74) is 2.02. The number of para-hydroxylation sites is 1. The molecule has 4 aromatic carbocycles. The van der Waals surface area contributed by atoms with Gasteiger partial charge in [0.25, 0.3) is 11.8 Å². The fourth-order valence-electron chi connectivity index (χ4n) is 4.34. The largest absolute Gasteiger partial charge is 0.457 e. The molecule has 0 atom stereocenters. The number of furan rings is 1. The lowest BCUT2D eigenvalue weighted by Crippen LogP contribution is -2.54. The van der Waals surface area contributed by atoms with Crippen molar-refractivity contribution in [3.63, 3.8) is 0 Å². The van der Waals surface area contributed by atoms with E-state index in [4.69, 9.17) is 21.4 Å². The molecule has 2 heterocycles. The number of carbonyl (C=O) groups excluding carboxylic acids is 3. The molecular formula is C32H20N2O5S. The van der Waals surface area contributed by atoms with Crippen molar-refractivity contribution in [1.29, 1.82) is 0 Å². The first-order valence-corrected chi connectivity index (χ1v) is 12.7. The number of nitrogens with zero attached hydrogens (tertiary/aromatic N) is 1. The highest BCUT2D eigenvalue weighted by Gasteiger charge is 2.34. The van der Waals surface area contributed by atoms with Gasteiger partial charge in [0.15, 0.2) is 10.9 Å². The van der Waals surface area contributed by atoms with Crippen LogP contribution in [0.2, 0.25) is 0 Å². The quantitative estimate of drug-likeness (QED) is 0.117. The second-order valence-corrected chi connectivity index (χ2v) is 9.36. The van der Waals surface area contributed by atoms with Gasteiger partial charge in [0.05, 0.1) is 5.69 Å². The van der Waals surface area contributed by atoms with Crippen LogP contribution in [0, 0.1) is 0 Å². The number of benzene rings is 4. The van der Waals surface area contributed by atoms with Gasteiger partial charge >= 0.3 is 0 Å². The predicted octanol–water partition coefficient (Wildman–Crippen LogP) is 6.29. The maximum Gasteiger partial charge on any atom is 0.270 e. The molecule has 7 nitrogen and oxygen atoms in total. The number of thiocarbonyl (C=S) groups is 1. The van der Waals surface area contributed by atoms with Gasteiger partial charge in [-0.05, 0) is 78.5 Å². The van der Waals surface area contributed by atoms with Crippen LogP contribution >= 0.6 is 12.2 Å². The Morgan fingerprint density at radius 3 is 2.23 bits per heavy atom. The summed E-state index contributed by atoms with van der Waals surface area (Å²) < 4.78 is 11.6. The molecule has 1 aliphatic rings. The fourth-order valence-corrected chi connectivity index (χ4v) is 4.62. The summed E-state index contributed by atoms with van der Waals surface area (Å²) in [6, 6.07) is 31.8. The van der Waals surface area contributed by atoms with Crippen molar-refractivity contribution >= 4 is 57.7 Å². The molecule has 2 amide bonds. The number of nitrogens with one attached hydrogen (secondary N) is 1. The van der Waals surface area contributed by atoms with Crippen LogP contribution in [0.25, 0.3) is 17.0 Å². The Kier molecular flexibility index (Phi) is 6.51. The molecule has 6 rings (SSSR count). The van der Waals surface area contributed by atoms with Gasteiger partial charge in [0, 0.05) is 10.9 Å². The Bertz CT molecular complexity index is 1810. The number of amides is 2. The summed E-state index contributed by atoms with van der Waals surface area (Å²) in [5, 5.41) is 3.24. The van der Waals surface area contributed by atoms with Gasteiger partial charge in [0.1, 0.15) is 22.7 Å². The molecule has 0 bridgehead atoms. The third kappa shape index (κ3) is 4.91. The first kappa shape index (κ1) is 25.0. The maximum absolute atomic E-state index is 13.5. The zero-order valence-corrected chi connectivity index (χ0v) is 21.7. The molecule has 0 radical (unpaired) electrons. The van der Waals surface area contributed by atoms with E-state index in [2.05, 4.69) is 5.32 Å². The van der Waals surface area contributed by atoms with Crippen LogP contribution in [-0.2, 0) is 9.59 Å². The van der Waals surface area contributed by atoms with Crippen LogP contribution in [0.4, 0.5) is 5.69 Å². The van der Waals surface area contributed by atoms with E-state index in [0.717, 1.165) is 0 Å². The summed E-state index contributed by atoms with van der Waals surface area (Å²) in [6.45, 7) is 0. The second kappa shape index (κ2) is 10.4. The molecule has 40 heavy (non-hydrogen) atoms. The Balaban J connectivity index is 1.26. The monoisotopic (exact) mass is 544 g/mol. The topological polar surface area (TPSA) is 88.8 Å². The van der Waals surface area contributed by atoms with E-state index in [1.807, 2.05) is 36.4 Å². The maximum atomic E-state index is 13.5.